The van der Waals surface area contributed by atoms with Gasteiger partial charge in [0.1, 0.15) is 4.70 Å². The minimum absolute atomic E-state index is 0.580. The molecule has 0 unspecified atom stereocenters. The molecular formula is C13H17N5S. The van der Waals surface area contributed by atoms with Crippen molar-refractivity contribution in [1.82, 2.24) is 15.0 Å². The van der Waals surface area contributed by atoms with E-state index in [0.717, 1.165) is 41.1 Å². The van der Waals surface area contributed by atoms with E-state index < -0.39 is 0 Å². The fourth-order valence-corrected chi connectivity index (χ4v) is 3.14. The number of anilines is 2. The van der Waals surface area contributed by atoms with E-state index in [4.69, 9.17) is 4.98 Å². The van der Waals surface area contributed by atoms with Crippen molar-refractivity contribution in [2.75, 3.05) is 23.3 Å². The highest BCUT2D eigenvalue weighted by atomic mass is 32.1. The maximum Gasteiger partial charge on any atom is 0.226 e. The number of nitrogens with zero attached hydrogens (tertiary/aromatic N) is 4. The van der Waals surface area contributed by atoms with Gasteiger partial charge < -0.3 is 10.2 Å². The standard InChI is InChI=1S/C13H17N5S/c1-8-4-5-18(8)12-10-11(15-7-19-10)16-13(17-12)14-6-9-2-3-9/h7-9H,2-6H2,1H3,(H,14,16,17)/t8-/m0/s1. The lowest BCUT2D eigenvalue weighted by Gasteiger charge is -2.39. The second-order valence-electron chi connectivity index (χ2n) is 5.53. The average molecular weight is 275 g/mol. The van der Waals surface area contributed by atoms with Crippen LogP contribution in [0.1, 0.15) is 26.2 Å². The molecule has 1 atom stereocenters. The number of hydrogen-bond donors (Lipinski definition) is 1. The Bertz CT molecular complexity index is 606. The molecular weight excluding hydrogens is 258 g/mol. The maximum absolute atomic E-state index is 4.72. The Labute approximate surface area is 116 Å². The Hall–Kier alpha value is -1.43. The zero-order valence-corrected chi connectivity index (χ0v) is 11.8. The van der Waals surface area contributed by atoms with Crippen LogP contribution >= 0.6 is 11.3 Å². The summed E-state index contributed by atoms with van der Waals surface area (Å²) in [6.45, 7) is 4.33. The van der Waals surface area contributed by atoms with Gasteiger partial charge in [-0.15, -0.1) is 11.3 Å². The van der Waals surface area contributed by atoms with Gasteiger partial charge in [-0.05, 0) is 32.1 Å². The van der Waals surface area contributed by atoms with Crippen LogP contribution in [0.15, 0.2) is 5.51 Å². The van der Waals surface area contributed by atoms with Gasteiger partial charge in [-0.2, -0.15) is 9.97 Å². The fourth-order valence-electron chi connectivity index (χ4n) is 2.41. The minimum Gasteiger partial charge on any atom is -0.354 e. The predicted molar refractivity (Wildman–Crippen MR) is 77.8 cm³/mol. The molecule has 5 nitrogen and oxygen atoms in total. The summed E-state index contributed by atoms with van der Waals surface area (Å²) in [6.07, 6.45) is 3.92. The second kappa shape index (κ2) is 4.30. The SMILES string of the molecule is C[C@H]1CCN1c1nc(NCC2CC2)nc2ncsc12. The molecule has 2 aliphatic rings. The van der Waals surface area contributed by atoms with E-state index >= 15 is 0 Å². The topological polar surface area (TPSA) is 53.9 Å². The van der Waals surface area contributed by atoms with Crippen LogP contribution < -0.4 is 10.2 Å². The van der Waals surface area contributed by atoms with E-state index in [9.17, 15) is 0 Å². The summed E-state index contributed by atoms with van der Waals surface area (Å²) in [4.78, 5) is 15.9. The summed E-state index contributed by atoms with van der Waals surface area (Å²) in [5, 5.41) is 3.36. The Kier molecular flexibility index (Phi) is 2.58. The molecule has 0 spiro atoms. The van der Waals surface area contributed by atoms with Gasteiger partial charge in [0.2, 0.25) is 5.95 Å². The molecule has 6 heteroatoms. The van der Waals surface area contributed by atoms with Gasteiger partial charge in [0.05, 0.1) is 5.51 Å². The van der Waals surface area contributed by atoms with Gasteiger partial charge in [0.15, 0.2) is 11.5 Å². The summed E-state index contributed by atoms with van der Waals surface area (Å²) >= 11 is 1.63. The van der Waals surface area contributed by atoms with Crippen molar-refractivity contribution in [1.29, 1.82) is 0 Å². The third-order valence-corrected chi connectivity index (χ3v) is 4.82. The molecule has 0 radical (unpaired) electrons. The monoisotopic (exact) mass is 275 g/mol. The van der Waals surface area contributed by atoms with Gasteiger partial charge >= 0.3 is 0 Å². The van der Waals surface area contributed by atoms with Gasteiger partial charge in [-0.3, -0.25) is 0 Å². The molecule has 1 aliphatic carbocycles. The lowest BCUT2D eigenvalue weighted by molar-refractivity contribution is 0.478. The molecule has 2 aromatic heterocycles. The van der Waals surface area contributed by atoms with Crippen LogP contribution in [-0.4, -0.2) is 34.1 Å². The summed E-state index contributed by atoms with van der Waals surface area (Å²) in [7, 11) is 0. The molecule has 19 heavy (non-hydrogen) atoms. The van der Waals surface area contributed by atoms with Crippen LogP contribution in [0.2, 0.25) is 0 Å². The van der Waals surface area contributed by atoms with Crippen LogP contribution in [0.4, 0.5) is 11.8 Å². The van der Waals surface area contributed by atoms with E-state index in [1.54, 1.807) is 11.3 Å². The van der Waals surface area contributed by atoms with Crippen molar-refractivity contribution in [3.05, 3.63) is 5.51 Å². The van der Waals surface area contributed by atoms with Gasteiger partial charge in [0.25, 0.3) is 0 Å². The first kappa shape index (κ1) is 11.4. The molecule has 1 saturated carbocycles. The Morgan fingerprint density at radius 1 is 1.37 bits per heavy atom. The van der Waals surface area contributed by atoms with Crippen LogP contribution in [0.25, 0.3) is 10.3 Å². The number of aromatic nitrogens is 3. The first-order valence-electron chi connectivity index (χ1n) is 6.93. The summed E-state index contributed by atoms with van der Waals surface area (Å²) in [5.74, 6) is 2.62. The lowest BCUT2D eigenvalue weighted by atomic mass is 10.1. The van der Waals surface area contributed by atoms with Gasteiger partial charge in [-0.25, -0.2) is 4.98 Å². The van der Waals surface area contributed by atoms with E-state index in [-0.39, 0.29) is 0 Å². The Morgan fingerprint density at radius 3 is 2.95 bits per heavy atom. The number of thiazole rings is 1. The lowest BCUT2D eigenvalue weighted by Crippen LogP contribution is -2.46. The van der Waals surface area contributed by atoms with Gasteiger partial charge in [-0.1, -0.05) is 0 Å². The average Bonchev–Trinajstić information content (AvgIpc) is 3.11. The van der Waals surface area contributed by atoms with Crippen molar-refractivity contribution in [3.8, 4) is 0 Å². The molecule has 100 valence electrons. The van der Waals surface area contributed by atoms with Crippen molar-refractivity contribution in [3.63, 3.8) is 0 Å². The number of rotatable bonds is 4. The normalized spacial score (nSPS) is 22.6. The quantitative estimate of drug-likeness (QED) is 0.929. The second-order valence-corrected chi connectivity index (χ2v) is 6.39. The van der Waals surface area contributed by atoms with Crippen molar-refractivity contribution < 1.29 is 0 Å². The predicted octanol–water partition coefficient (Wildman–Crippen LogP) is 2.51. The highest BCUT2D eigenvalue weighted by Gasteiger charge is 2.28. The van der Waals surface area contributed by atoms with Crippen LogP contribution in [0.5, 0.6) is 0 Å². The van der Waals surface area contributed by atoms with E-state index in [1.807, 2.05) is 5.51 Å². The zero-order chi connectivity index (χ0) is 12.8. The third-order valence-electron chi connectivity index (χ3n) is 4.01. The Balaban J connectivity index is 1.69. The van der Waals surface area contributed by atoms with Crippen LogP contribution in [0.3, 0.4) is 0 Å². The van der Waals surface area contributed by atoms with Crippen molar-refractivity contribution in [2.45, 2.75) is 32.2 Å². The number of fused-ring (bicyclic) bond motifs is 1. The smallest absolute Gasteiger partial charge is 0.226 e. The first-order valence-corrected chi connectivity index (χ1v) is 7.81. The summed E-state index contributed by atoms with van der Waals surface area (Å²) in [5.41, 5.74) is 2.69. The van der Waals surface area contributed by atoms with Gasteiger partial charge in [0, 0.05) is 19.1 Å². The maximum atomic E-state index is 4.72. The zero-order valence-electron chi connectivity index (χ0n) is 11.0. The minimum atomic E-state index is 0.580. The molecule has 1 aliphatic heterocycles. The summed E-state index contributed by atoms with van der Waals surface area (Å²) < 4.78 is 1.11. The highest BCUT2D eigenvalue weighted by Crippen LogP contribution is 2.34. The van der Waals surface area contributed by atoms with Crippen LogP contribution in [0, 0.1) is 5.92 Å². The fraction of sp³-hybridized carbons (Fsp3) is 0.615. The molecule has 4 rings (SSSR count). The third kappa shape index (κ3) is 2.04. The van der Waals surface area contributed by atoms with E-state index in [2.05, 4.69) is 27.1 Å². The molecule has 1 saturated heterocycles. The van der Waals surface area contributed by atoms with Crippen molar-refractivity contribution in [2.24, 2.45) is 5.92 Å². The number of hydrogen-bond acceptors (Lipinski definition) is 6. The molecule has 3 heterocycles. The molecule has 1 N–H and O–H groups in total. The first-order chi connectivity index (χ1) is 9.31. The highest BCUT2D eigenvalue weighted by molar-refractivity contribution is 7.17. The molecule has 0 aromatic carbocycles. The molecule has 0 bridgehead atoms. The summed E-state index contributed by atoms with van der Waals surface area (Å²) in [6, 6.07) is 0.580. The Morgan fingerprint density at radius 2 is 2.26 bits per heavy atom. The molecule has 0 amide bonds. The van der Waals surface area contributed by atoms with Crippen LogP contribution in [-0.2, 0) is 0 Å². The number of nitrogens with one attached hydrogen (secondary N) is 1. The van der Waals surface area contributed by atoms with E-state index in [1.165, 1.54) is 19.3 Å². The molecule has 2 aromatic rings. The molecule has 2 fully saturated rings. The largest absolute Gasteiger partial charge is 0.354 e. The van der Waals surface area contributed by atoms with Crippen molar-refractivity contribution >= 4 is 33.5 Å². The van der Waals surface area contributed by atoms with E-state index in [0.29, 0.717) is 6.04 Å².